The number of nitrogens with one attached hydrogen (secondary N) is 1. The predicted octanol–water partition coefficient (Wildman–Crippen LogP) is 4.56. The van der Waals surface area contributed by atoms with Gasteiger partial charge in [-0.25, -0.2) is 0 Å². The number of aromatic amines is 1. The maximum atomic E-state index is 9.52. The molecule has 1 atom stereocenters. The van der Waals surface area contributed by atoms with Crippen molar-refractivity contribution in [1.29, 1.82) is 0 Å². The Morgan fingerprint density at radius 2 is 1.93 bits per heavy atom. The maximum absolute atomic E-state index is 9.52. The molecular formula is C24H23N3O2. The number of H-pyrrole nitrogens is 1. The van der Waals surface area contributed by atoms with Crippen molar-refractivity contribution in [3.8, 4) is 5.75 Å². The van der Waals surface area contributed by atoms with E-state index in [2.05, 4.69) is 63.9 Å². The van der Waals surface area contributed by atoms with Gasteiger partial charge in [-0.1, -0.05) is 59.8 Å². The number of nitrogens with zero attached hydrogens (tertiary/aromatic N) is 2. The van der Waals surface area contributed by atoms with Crippen molar-refractivity contribution in [2.75, 3.05) is 7.11 Å². The zero-order chi connectivity index (χ0) is 19.8. The molecule has 2 aliphatic carbocycles. The van der Waals surface area contributed by atoms with E-state index in [0.29, 0.717) is 11.6 Å². The van der Waals surface area contributed by atoms with Gasteiger partial charge in [-0.2, -0.15) is 5.10 Å². The molecule has 1 saturated carbocycles. The molecule has 0 bridgehead atoms. The van der Waals surface area contributed by atoms with Gasteiger partial charge in [0.05, 0.1) is 7.11 Å². The first-order valence-corrected chi connectivity index (χ1v) is 9.94. The molecule has 0 radical (unpaired) electrons. The van der Waals surface area contributed by atoms with Gasteiger partial charge in [0, 0.05) is 29.0 Å². The summed E-state index contributed by atoms with van der Waals surface area (Å²) < 4.78 is 5.49. The average Bonchev–Trinajstić information content (AvgIpc) is 3.54. The zero-order valence-corrected chi connectivity index (χ0v) is 16.3. The smallest absolute Gasteiger partial charge is 0.119 e. The average molecular weight is 385 g/mol. The molecule has 0 spiro atoms. The van der Waals surface area contributed by atoms with E-state index in [1.165, 1.54) is 11.1 Å². The molecule has 5 nitrogen and oxygen atoms in total. The van der Waals surface area contributed by atoms with E-state index in [9.17, 15) is 5.21 Å². The highest BCUT2D eigenvalue weighted by Gasteiger charge is 2.39. The van der Waals surface area contributed by atoms with Crippen LogP contribution >= 0.6 is 0 Å². The van der Waals surface area contributed by atoms with Gasteiger partial charge in [0.25, 0.3) is 0 Å². The highest BCUT2D eigenvalue weighted by atomic mass is 16.5. The maximum Gasteiger partial charge on any atom is 0.119 e. The van der Waals surface area contributed by atoms with Crippen LogP contribution in [0.15, 0.2) is 65.8 Å². The molecule has 3 aromatic rings. The van der Waals surface area contributed by atoms with Gasteiger partial charge >= 0.3 is 0 Å². The summed E-state index contributed by atoms with van der Waals surface area (Å²) in [5.41, 5.74) is 5.59. The van der Waals surface area contributed by atoms with E-state index < -0.39 is 0 Å². The molecule has 1 heterocycles. The molecule has 29 heavy (non-hydrogen) atoms. The van der Waals surface area contributed by atoms with Gasteiger partial charge in [-0.05, 0) is 36.1 Å². The second kappa shape index (κ2) is 6.92. The first kappa shape index (κ1) is 17.7. The molecule has 0 saturated heterocycles. The minimum atomic E-state index is -0.331. The second-order valence-electron chi connectivity index (χ2n) is 7.80. The summed E-state index contributed by atoms with van der Waals surface area (Å²) in [5.74, 6) is 1.16. The van der Waals surface area contributed by atoms with Crippen LogP contribution in [0.1, 0.15) is 40.9 Å². The fourth-order valence-electron chi connectivity index (χ4n) is 4.34. The molecule has 1 unspecified atom stereocenters. The lowest BCUT2D eigenvalue weighted by Gasteiger charge is -2.34. The van der Waals surface area contributed by atoms with Crippen LogP contribution in [0.25, 0.3) is 6.08 Å². The summed E-state index contributed by atoms with van der Waals surface area (Å²) in [6, 6.07) is 18.8. The number of rotatable bonds is 5. The van der Waals surface area contributed by atoms with Gasteiger partial charge < -0.3 is 9.94 Å². The van der Waals surface area contributed by atoms with Crippen LogP contribution in [0, 0.1) is 5.92 Å². The van der Waals surface area contributed by atoms with E-state index in [4.69, 9.17) is 4.74 Å². The predicted molar refractivity (Wildman–Crippen MR) is 113 cm³/mol. The zero-order valence-electron chi connectivity index (χ0n) is 16.3. The third-order valence-electron chi connectivity index (χ3n) is 6.06. The van der Waals surface area contributed by atoms with Crippen LogP contribution in [-0.2, 0) is 11.8 Å². The molecule has 146 valence electrons. The largest absolute Gasteiger partial charge is 0.497 e. The molecule has 1 aromatic heterocycles. The van der Waals surface area contributed by atoms with Gasteiger partial charge in [0.1, 0.15) is 17.2 Å². The van der Waals surface area contributed by atoms with Crippen molar-refractivity contribution in [3.05, 3.63) is 88.8 Å². The fourth-order valence-corrected chi connectivity index (χ4v) is 4.34. The van der Waals surface area contributed by atoms with E-state index in [1.807, 2.05) is 18.2 Å². The Morgan fingerprint density at radius 1 is 1.14 bits per heavy atom. The fraction of sp³-hybridized carbons (Fsp3) is 0.250. The van der Waals surface area contributed by atoms with E-state index in [1.54, 1.807) is 7.11 Å². The number of fused-ring (bicyclic) bond motifs is 1. The molecular weight excluding hydrogens is 362 g/mol. The lowest BCUT2D eigenvalue weighted by atomic mass is 9.68. The molecule has 0 aliphatic heterocycles. The van der Waals surface area contributed by atoms with Crippen molar-refractivity contribution >= 4 is 11.8 Å². The van der Waals surface area contributed by atoms with Gasteiger partial charge in [0.2, 0.25) is 0 Å². The summed E-state index contributed by atoms with van der Waals surface area (Å²) in [6.45, 7) is 0. The quantitative estimate of drug-likeness (QED) is 0.384. The monoisotopic (exact) mass is 385 g/mol. The minimum absolute atomic E-state index is 0.319. The molecule has 2 aromatic carbocycles. The number of benzene rings is 2. The van der Waals surface area contributed by atoms with Crippen molar-refractivity contribution in [2.24, 2.45) is 11.1 Å². The summed E-state index contributed by atoms with van der Waals surface area (Å²) in [5, 5.41) is 20.8. The van der Waals surface area contributed by atoms with Crippen LogP contribution in [-0.4, -0.2) is 28.2 Å². The number of hydrogen-bond acceptors (Lipinski definition) is 4. The summed E-state index contributed by atoms with van der Waals surface area (Å²) in [6.07, 6.45) is 7.23. The Hall–Kier alpha value is -3.34. The van der Waals surface area contributed by atoms with E-state index in [0.717, 1.165) is 42.0 Å². The Bertz CT molecular complexity index is 1100. The number of methoxy groups -OCH3 is 1. The Morgan fingerprint density at radius 3 is 2.66 bits per heavy atom. The van der Waals surface area contributed by atoms with E-state index in [-0.39, 0.29) is 5.41 Å². The lowest BCUT2D eigenvalue weighted by Crippen LogP contribution is -2.30. The molecule has 1 fully saturated rings. The van der Waals surface area contributed by atoms with Crippen LogP contribution in [0.3, 0.4) is 0 Å². The SMILES string of the molecule is COc1cccc(C2(c3ccccc3)C=Cc3c(/C(=N/O)C4CC4)n[nH]c3C2)c1. The second-order valence-corrected chi connectivity index (χ2v) is 7.80. The molecule has 5 rings (SSSR count). The standard InChI is InChI=1S/C24H23N3O2/c1-29-19-9-5-8-18(14-19)24(17-6-3-2-4-7-17)13-12-20-21(15-24)25-26-23(20)22(27-28)16-10-11-16/h2-9,12-14,16,28H,10-11,15H2,1H3,(H,25,26)/b27-22+. The number of ether oxygens (including phenoxy) is 1. The van der Waals surface area contributed by atoms with Crippen molar-refractivity contribution < 1.29 is 9.94 Å². The van der Waals surface area contributed by atoms with Crippen LogP contribution in [0.5, 0.6) is 5.75 Å². The first-order valence-electron chi connectivity index (χ1n) is 9.94. The van der Waals surface area contributed by atoms with E-state index >= 15 is 0 Å². The summed E-state index contributed by atoms with van der Waals surface area (Å²) >= 11 is 0. The lowest BCUT2D eigenvalue weighted by molar-refractivity contribution is 0.317. The number of allylic oxidation sites excluding steroid dienone is 1. The van der Waals surface area contributed by atoms with Gasteiger partial charge in [-0.3, -0.25) is 5.10 Å². The minimum Gasteiger partial charge on any atom is -0.497 e. The highest BCUT2D eigenvalue weighted by molar-refractivity contribution is 6.04. The number of oxime groups is 1. The molecule has 2 aliphatic rings. The van der Waals surface area contributed by atoms with Crippen molar-refractivity contribution in [1.82, 2.24) is 10.2 Å². The van der Waals surface area contributed by atoms with Crippen LogP contribution < -0.4 is 4.74 Å². The number of hydrogen-bond donors (Lipinski definition) is 2. The highest BCUT2D eigenvalue weighted by Crippen LogP contribution is 2.43. The Kier molecular flexibility index (Phi) is 4.23. The van der Waals surface area contributed by atoms with Crippen molar-refractivity contribution in [2.45, 2.75) is 24.7 Å². The number of aromatic nitrogens is 2. The summed E-state index contributed by atoms with van der Waals surface area (Å²) in [4.78, 5) is 0. The summed E-state index contributed by atoms with van der Waals surface area (Å²) in [7, 11) is 1.69. The Balaban J connectivity index is 1.64. The first-order chi connectivity index (χ1) is 14.2. The Labute approximate surface area is 169 Å². The van der Waals surface area contributed by atoms with Crippen LogP contribution in [0.4, 0.5) is 0 Å². The van der Waals surface area contributed by atoms with Gasteiger partial charge in [-0.15, -0.1) is 0 Å². The molecule has 2 N–H and O–H groups in total. The molecule has 5 heteroatoms. The third-order valence-corrected chi connectivity index (χ3v) is 6.06. The third kappa shape index (κ3) is 2.94. The topological polar surface area (TPSA) is 70.5 Å². The normalized spacial score (nSPS) is 21.1. The molecule has 0 amide bonds. The van der Waals surface area contributed by atoms with Gasteiger partial charge in [0.15, 0.2) is 0 Å². The van der Waals surface area contributed by atoms with Crippen LogP contribution in [0.2, 0.25) is 0 Å². The van der Waals surface area contributed by atoms with Crippen molar-refractivity contribution in [3.63, 3.8) is 0 Å².